The van der Waals surface area contributed by atoms with E-state index in [2.05, 4.69) is 0 Å². The van der Waals surface area contributed by atoms with Gasteiger partial charge in [0.1, 0.15) is 0 Å². The van der Waals surface area contributed by atoms with E-state index < -0.39 is 0 Å². The Balaban J connectivity index is 3.07. The minimum absolute atomic E-state index is 0.0429. The van der Waals surface area contributed by atoms with E-state index >= 15 is 0 Å². The van der Waals surface area contributed by atoms with Gasteiger partial charge in [-0.25, -0.2) is 4.79 Å². The lowest BCUT2D eigenvalue weighted by molar-refractivity contribution is 0.0526. The fourth-order valence-corrected chi connectivity index (χ4v) is 1.34. The Kier molecular flexibility index (Phi) is 3.61. The Morgan fingerprint density at radius 3 is 2.53 bits per heavy atom. The number of hydrogen-bond donors (Lipinski definition) is 0. The molecular weight excluding hydrogens is 192 g/mol. The van der Waals surface area contributed by atoms with E-state index in [4.69, 9.17) is 4.74 Å². The summed E-state index contributed by atoms with van der Waals surface area (Å²) in [5.74, 6) is -0.432. The number of rotatable bonds is 3. The molecule has 1 aromatic carbocycles. The van der Waals surface area contributed by atoms with Crippen LogP contribution in [0, 0.1) is 6.92 Å². The first-order chi connectivity index (χ1) is 7.06. The standard InChI is InChI=1S/C12H14O3/c1-4-15-12(14)10-6-5-8(2)11(7-10)9(3)13/h5-7H,4H2,1-3H3. The third kappa shape index (κ3) is 2.65. The molecule has 0 radical (unpaired) electrons. The third-order valence-electron chi connectivity index (χ3n) is 2.13. The van der Waals surface area contributed by atoms with Crippen LogP contribution in [0.3, 0.4) is 0 Å². The van der Waals surface area contributed by atoms with E-state index in [9.17, 15) is 9.59 Å². The SMILES string of the molecule is CCOC(=O)c1ccc(C)c(C(C)=O)c1. The predicted molar refractivity (Wildman–Crippen MR) is 57.1 cm³/mol. The first kappa shape index (κ1) is 11.4. The second-order valence-electron chi connectivity index (χ2n) is 3.31. The summed E-state index contributed by atoms with van der Waals surface area (Å²) in [5, 5.41) is 0. The van der Waals surface area contributed by atoms with Crippen molar-refractivity contribution in [2.75, 3.05) is 6.61 Å². The molecule has 0 heterocycles. The zero-order chi connectivity index (χ0) is 11.4. The highest BCUT2D eigenvalue weighted by Crippen LogP contribution is 2.12. The molecule has 0 bridgehead atoms. The fourth-order valence-electron chi connectivity index (χ4n) is 1.34. The Bertz CT molecular complexity index is 394. The summed E-state index contributed by atoms with van der Waals surface area (Å²) in [7, 11) is 0. The molecule has 0 unspecified atom stereocenters. The summed E-state index contributed by atoms with van der Waals surface area (Å²) < 4.78 is 4.85. The van der Waals surface area contributed by atoms with Gasteiger partial charge in [0.05, 0.1) is 12.2 Å². The second kappa shape index (κ2) is 4.73. The van der Waals surface area contributed by atoms with Crippen molar-refractivity contribution >= 4 is 11.8 Å². The highest BCUT2D eigenvalue weighted by Gasteiger charge is 2.10. The quantitative estimate of drug-likeness (QED) is 0.563. The Labute approximate surface area is 89.1 Å². The van der Waals surface area contributed by atoms with Gasteiger partial charge in [-0.15, -0.1) is 0 Å². The maximum atomic E-state index is 11.4. The number of carbonyl (C=O) groups is 2. The molecule has 0 saturated carbocycles. The number of ether oxygens (including phenoxy) is 1. The van der Waals surface area contributed by atoms with Gasteiger partial charge in [0, 0.05) is 5.56 Å². The first-order valence-corrected chi connectivity index (χ1v) is 4.85. The van der Waals surface area contributed by atoms with Gasteiger partial charge in [0.25, 0.3) is 0 Å². The lowest BCUT2D eigenvalue weighted by Gasteiger charge is -2.05. The normalized spacial score (nSPS) is 9.80. The van der Waals surface area contributed by atoms with Gasteiger partial charge in [0.2, 0.25) is 0 Å². The molecule has 1 aromatic rings. The van der Waals surface area contributed by atoms with Crippen molar-refractivity contribution in [2.45, 2.75) is 20.8 Å². The lowest BCUT2D eigenvalue weighted by Crippen LogP contribution is -2.07. The number of Topliss-reactive ketones (excluding diaryl/α,β-unsaturated/α-hetero) is 1. The number of carbonyl (C=O) groups excluding carboxylic acids is 2. The average molecular weight is 206 g/mol. The molecule has 0 aromatic heterocycles. The van der Waals surface area contributed by atoms with Crippen LogP contribution in [0.4, 0.5) is 0 Å². The van der Waals surface area contributed by atoms with Crippen molar-refractivity contribution in [2.24, 2.45) is 0 Å². The summed E-state index contributed by atoms with van der Waals surface area (Å²) in [6, 6.07) is 5.00. The number of hydrogen-bond acceptors (Lipinski definition) is 3. The third-order valence-corrected chi connectivity index (χ3v) is 2.13. The van der Waals surface area contributed by atoms with Crippen LogP contribution >= 0.6 is 0 Å². The molecule has 0 aliphatic rings. The number of ketones is 1. The molecule has 15 heavy (non-hydrogen) atoms. The van der Waals surface area contributed by atoms with Gasteiger partial charge in [-0.2, -0.15) is 0 Å². The van der Waals surface area contributed by atoms with Crippen LogP contribution in [0.15, 0.2) is 18.2 Å². The summed E-state index contributed by atoms with van der Waals surface area (Å²) in [4.78, 5) is 22.6. The van der Waals surface area contributed by atoms with Gasteiger partial charge in [-0.05, 0) is 38.5 Å². The second-order valence-corrected chi connectivity index (χ2v) is 3.31. The first-order valence-electron chi connectivity index (χ1n) is 4.85. The highest BCUT2D eigenvalue weighted by atomic mass is 16.5. The van der Waals surface area contributed by atoms with Crippen LogP contribution in [0.25, 0.3) is 0 Å². The molecule has 0 fully saturated rings. The Morgan fingerprint density at radius 1 is 1.33 bits per heavy atom. The predicted octanol–water partition coefficient (Wildman–Crippen LogP) is 2.37. The average Bonchev–Trinajstić information content (AvgIpc) is 2.18. The molecule has 0 aliphatic carbocycles. The van der Waals surface area contributed by atoms with Gasteiger partial charge in [0.15, 0.2) is 5.78 Å². The maximum absolute atomic E-state index is 11.4. The van der Waals surface area contributed by atoms with Crippen molar-refractivity contribution in [3.05, 3.63) is 34.9 Å². The van der Waals surface area contributed by atoms with Crippen LogP contribution in [0.2, 0.25) is 0 Å². The van der Waals surface area contributed by atoms with Crippen molar-refractivity contribution in [1.29, 1.82) is 0 Å². The van der Waals surface area contributed by atoms with Crippen molar-refractivity contribution in [3.63, 3.8) is 0 Å². The Hall–Kier alpha value is -1.64. The van der Waals surface area contributed by atoms with E-state index in [1.54, 1.807) is 25.1 Å². The molecule has 0 spiro atoms. The van der Waals surface area contributed by atoms with Crippen molar-refractivity contribution in [1.82, 2.24) is 0 Å². The van der Waals surface area contributed by atoms with Crippen LogP contribution in [-0.4, -0.2) is 18.4 Å². The van der Waals surface area contributed by atoms with E-state index in [0.717, 1.165) is 5.56 Å². The van der Waals surface area contributed by atoms with Crippen LogP contribution < -0.4 is 0 Å². The molecule has 0 atom stereocenters. The zero-order valence-electron chi connectivity index (χ0n) is 9.16. The maximum Gasteiger partial charge on any atom is 0.338 e. The molecule has 0 aliphatic heterocycles. The topological polar surface area (TPSA) is 43.4 Å². The number of benzene rings is 1. The minimum Gasteiger partial charge on any atom is -0.462 e. The van der Waals surface area contributed by atoms with E-state index in [-0.39, 0.29) is 11.8 Å². The molecule has 0 saturated heterocycles. The molecule has 0 amide bonds. The molecular formula is C12H14O3. The smallest absolute Gasteiger partial charge is 0.338 e. The lowest BCUT2D eigenvalue weighted by atomic mass is 10.0. The zero-order valence-corrected chi connectivity index (χ0v) is 9.16. The number of aryl methyl sites for hydroxylation is 1. The largest absolute Gasteiger partial charge is 0.462 e. The monoisotopic (exact) mass is 206 g/mol. The summed E-state index contributed by atoms with van der Waals surface area (Å²) in [6.07, 6.45) is 0. The van der Waals surface area contributed by atoms with Gasteiger partial charge >= 0.3 is 5.97 Å². The van der Waals surface area contributed by atoms with Crippen LogP contribution in [-0.2, 0) is 4.74 Å². The molecule has 1 rings (SSSR count). The van der Waals surface area contributed by atoms with Crippen molar-refractivity contribution in [3.8, 4) is 0 Å². The van der Waals surface area contributed by atoms with Crippen molar-refractivity contribution < 1.29 is 14.3 Å². The minimum atomic E-state index is -0.389. The molecule has 0 N–H and O–H groups in total. The van der Waals surface area contributed by atoms with Crippen LogP contribution in [0.5, 0.6) is 0 Å². The van der Waals surface area contributed by atoms with E-state index in [0.29, 0.717) is 17.7 Å². The molecule has 3 nitrogen and oxygen atoms in total. The van der Waals surface area contributed by atoms with Crippen LogP contribution in [0.1, 0.15) is 40.1 Å². The van der Waals surface area contributed by atoms with E-state index in [1.165, 1.54) is 6.92 Å². The summed E-state index contributed by atoms with van der Waals surface area (Å²) in [5.41, 5.74) is 1.86. The molecule has 80 valence electrons. The van der Waals surface area contributed by atoms with Gasteiger partial charge in [-0.1, -0.05) is 6.07 Å². The fraction of sp³-hybridized carbons (Fsp3) is 0.333. The summed E-state index contributed by atoms with van der Waals surface area (Å²) >= 11 is 0. The van der Waals surface area contributed by atoms with Gasteiger partial charge in [-0.3, -0.25) is 4.79 Å². The highest BCUT2D eigenvalue weighted by molar-refractivity contribution is 5.99. The Morgan fingerprint density at radius 2 is 2.00 bits per heavy atom. The number of esters is 1. The molecule has 3 heteroatoms. The summed E-state index contributed by atoms with van der Waals surface area (Å²) in [6.45, 7) is 5.41. The van der Waals surface area contributed by atoms with E-state index in [1.807, 2.05) is 6.92 Å². The van der Waals surface area contributed by atoms with Gasteiger partial charge < -0.3 is 4.74 Å².